The first-order valence-corrected chi connectivity index (χ1v) is 4.60. The lowest BCUT2D eigenvalue weighted by atomic mass is 10.2. The Balaban J connectivity index is 2.19. The molecule has 0 spiro atoms. The molecule has 2 aromatic heterocycles. The standard InChI is InChI=1S/C10H8ClN3/c11-10-13-6-4-9(14-10)7-8-3-1-2-5-12-8/h1-6H,7H2. The summed E-state index contributed by atoms with van der Waals surface area (Å²) in [7, 11) is 0. The SMILES string of the molecule is Clc1nccc(Cc2ccccn2)n1. The van der Waals surface area contributed by atoms with Crippen LogP contribution >= 0.6 is 11.6 Å². The number of nitrogens with zero attached hydrogens (tertiary/aromatic N) is 3. The smallest absolute Gasteiger partial charge is 0.222 e. The third kappa shape index (κ3) is 2.26. The second kappa shape index (κ2) is 4.15. The molecule has 14 heavy (non-hydrogen) atoms. The van der Waals surface area contributed by atoms with Gasteiger partial charge in [-0.15, -0.1) is 0 Å². The molecular weight excluding hydrogens is 198 g/mol. The first kappa shape index (κ1) is 9.09. The zero-order valence-corrected chi connectivity index (χ0v) is 8.15. The van der Waals surface area contributed by atoms with Crippen LogP contribution in [0.3, 0.4) is 0 Å². The Kier molecular flexibility index (Phi) is 2.70. The Morgan fingerprint density at radius 3 is 2.64 bits per heavy atom. The molecule has 2 aromatic rings. The molecule has 70 valence electrons. The molecular formula is C10H8ClN3. The summed E-state index contributed by atoms with van der Waals surface area (Å²) in [6.45, 7) is 0. The molecule has 0 aliphatic rings. The van der Waals surface area contributed by atoms with Crippen molar-refractivity contribution in [1.82, 2.24) is 15.0 Å². The minimum absolute atomic E-state index is 0.276. The number of pyridine rings is 1. The highest BCUT2D eigenvalue weighted by molar-refractivity contribution is 6.28. The van der Waals surface area contributed by atoms with Crippen molar-refractivity contribution in [3.8, 4) is 0 Å². The van der Waals surface area contributed by atoms with Crippen LogP contribution in [0.4, 0.5) is 0 Å². The van der Waals surface area contributed by atoms with Gasteiger partial charge in [0, 0.05) is 24.5 Å². The van der Waals surface area contributed by atoms with Gasteiger partial charge >= 0.3 is 0 Å². The highest BCUT2D eigenvalue weighted by atomic mass is 35.5. The average Bonchev–Trinajstić information content (AvgIpc) is 2.19. The van der Waals surface area contributed by atoms with Crippen LogP contribution in [0.15, 0.2) is 36.7 Å². The maximum Gasteiger partial charge on any atom is 0.222 e. The average molecular weight is 206 g/mol. The lowest BCUT2D eigenvalue weighted by Crippen LogP contribution is -1.95. The molecule has 0 aliphatic heterocycles. The van der Waals surface area contributed by atoms with E-state index in [9.17, 15) is 0 Å². The Labute approximate surface area is 86.8 Å². The van der Waals surface area contributed by atoms with Crippen LogP contribution < -0.4 is 0 Å². The topological polar surface area (TPSA) is 38.7 Å². The highest BCUT2D eigenvalue weighted by Gasteiger charge is 1.99. The quantitative estimate of drug-likeness (QED) is 0.705. The van der Waals surface area contributed by atoms with Crippen LogP contribution in [0.1, 0.15) is 11.4 Å². The van der Waals surface area contributed by atoms with Crippen molar-refractivity contribution >= 4 is 11.6 Å². The zero-order chi connectivity index (χ0) is 9.80. The van der Waals surface area contributed by atoms with Crippen molar-refractivity contribution in [2.75, 3.05) is 0 Å². The second-order valence-corrected chi connectivity index (χ2v) is 3.15. The number of halogens is 1. The highest BCUT2D eigenvalue weighted by Crippen LogP contribution is 2.06. The van der Waals surface area contributed by atoms with E-state index in [1.807, 2.05) is 24.3 Å². The van der Waals surface area contributed by atoms with Crippen LogP contribution in [-0.2, 0) is 6.42 Å². The van der Waals surface area contributed by atoms with Crippen LogP contribution in [0.2, 0.25) is 5.28 Å². The van der Waals surface area contributed by atoms with Crippen molar-refractivity contribution in [3.63, 3.8) is 0 Å². The summed E-state index contributed by atoms with van der Waals surface area (Å²) in [6, 6.07) is 7.62. The summed E-state index contributed by atoms with van der Waals surface area (Å²) in [4.78, 5) is 12.1. The summed E-state index contributed by atoms with van der Waals surface area (Å²) >= 11 is 5.67. The first-order valence-electron chi connectivity index (χ1n) is 4.22. The van der Waals surface area contributed by atoms with E-state index in [2.05, 4.69) is 15.0 Å². The van der Waals surface area contributed by atoms with Crippen molar-refractivity contribution in [3.05, 3.63) is 53.3 Å². The number of hydrogen-bond acceptors (Lipinski definition) is 3. The molecule has 0 saturated heterocycles. The van der Waals surface area contributed by atoms with Gasteiger partial charge < -0.3 is 0 Å². The predicted molar refractivity (Wildman–Crippen MR) is 54.1 cm³/mol. The molecule has 0 N–H and O–H groups in total. The van der Waals surface area contributed by atoms with Gasteiger partial charge in [-0.25, -0.2) is 9.97 Å². The van der Waals surface area contributed by atoms with Gasteiger partial charge in [-0.1, -0.05) is 6.07 Å². The van der Waals surface area contributed by atoms with Crippen LogP contribution in [0.25, 0.3) is 0 Å². The first-order chi connectivity index (χ1) is 6.84. The summed E-state index contributed by atoms with van der Waals surface area (Å²) < 4.78 is 0. The van der Waals surface area contributed by atoms with Crippen LogP contribution in [0, 0.1) is 0 Å². The third-order valence-corrected chi connectivity index (χ3v) is 1.95. The fraction of sp³-hybridized carbons (Fsp3) is 0.100. The minimum Gasteiger partial charge on any atom is -0.261 e. The van der Waals surface area contributed by atoms with E-state index in [1.54, 1.807) is 12.4 Å². The summed E-state index contributed by atoms with van der Waals surface area (Å²) in [5, 5.41) is 0.276. The fourth-order valence-corrected chi connectivity index (χ4v) is 1.32. The molecule has 0 saturated carbocycles. The van der Waals surface area contributed by atoms with Gasteiger partial charge in [0.1, 0.15) is 0 Å². The molecule has 0 amide bonds. The molecule has 0 aliphatic carbocycles. The number of aromatic nitrogens is 3. The maximum atomic E-state index is 5.67. The van der Waals surface area contributed by atoms with Gasteiger partial charge in [-0.3, -0.25) is 4.98 Å². The fourth-order valence-electron chi connectivity index (χ4n) is 1.16. The van der Waals surface area contributed by atoms with Crippen molar-refractivity contribution in [1.29, 1.82) is 0 Å². The van der Waals surface area contributed by atoms with E-state index in [-0.39, 0.29) is 5.28 Å². The molecule has 0 bridgehead atoms. The Morgan fingerprint density at radius 1 is 1.00 bits per heavy atom. The van der Waals surface area contributed by atoms with Crippen molar-refractivity contribution in [2.45, 2.75) is 6.42 Å². The third-order valence-electron chi connectivity index (χ3n) is 1.77. The van der Waals surface area contributed by atoms with Crippen molar-refractivity contribution < 1.29 is 0 Å². The van der Waals surface area contributed by atoms with Gasteiger partial charge in [-0.05, 0) is 29.8 Å². The molecule has 0 aromatic carbocycles. The van der Waals surface area contributed by atoms with E-state index in [0.29, 0.717) is 6.42 Å². The van der Waals surface area contributed by atoms with Gasteiger partial charge in [-0.2, -0.15) is 0 Å². The van der Waals surface area contributed by atoms with Gasteiger partial charge in [0.05, 0.1) is 5.69 Å². The van der Waals surface area contributed by atoms with E-state index < -0.39 is 0 Å². The molecule has 0 fully saturated rings. The van der Waals surface area contributed by atoms with Gasteiger partial charge in [0.25, 0.3) is 0 Å². The van der Waals surface area contributed by atoms with E-state index >= 15 is 0 Å². The number of hydrogen-bond donors (Lipinski definition) is 0. The molecule has 3 nitrogen and oxygen atoms in total. The van der Waals surface area contributed by atoms with E-state index in [0.717, 1.165) is 11.4 Å². The normalized spacial score (nSPS) is 10.1. The Hall–Kier alpha value is -1.48. The summed E-state index contributed by atoms with van der Waals surface area (Å²) in [5.74, 6) is 0. The van der Waals surface area contributed by atoms with Crippen LogP contribution in [0.5, 0.6) is 0 Å². The lowest BCUT2D eigenvalue weighted by molar-refractivity contribution is 0.986. The molecule has 4 heteroatoms. The predicted octanol–water partition coefficient (Wildman–Crippen LogP) is 2.12. The minimum atomic E-state index is 0.276. The second-order valence-electron chi connectivity index (χ2n) is 2.81. The Morgan fingerprint density at radius 2 is 1.93 bits per heavy atom. The largest absolute Gasteiger partial charge is 0.261 e. The summed E-state index contributed by atoms with van der Waals surface area (Å²) in [5.41, 5.74) is 1.85. The van der Waals surface area contributed by atoms with E-state index in [1.165, 1.54) is 0 Å². The maximum absolute atomic E-state index is 5.67. The molecule has 0 unspecified atom stereocenters. The zero-order valence-electron chi connectivity index (χ0n) is 7.39. The molecule has 2 heterocycles. The molecule has 0 radical (unpaired) electrons. The van der Waals surface area contributed by atoms with Crippen LogP contribution in [-0.4, -0.2) is 15.0 Å². The van der Waals surface area contributed by atoms with Crippen molar-refractivity contribution in [2.24, 2.45) is 0 Å². The molecule has 2 rings (SSSR count). The van der Waals surface area contributed by atoms with Gasteiger partial charge in [0.15, 0.2) is 0 Å². The molecule has 0 atom stereocenters. The van der Waals surface area contributed by atoms with Gasteiger partial charge in [0.2, 0.25) is 5.28 Å². The lowest BCUT2D eigenvalue weighted by Gasteiger charge is -1.99. The summed E-state index contributed by atoms with van der Waals surface area (Å²) in [6.07, 6.45) is 4.09. The Bertz CT molecular complexity index is 417. The number of rotatable bonds is 2. The van der Waals surface area contributed by atoms with E-state index in [4.69, 9.17) is 11.6 Å². The monoisotopic (exact) mass is 205 g/mol.